The van der Waals surface area contributed by atoms with Gasteiger partial charge in [-0.05, 0) is 37.0 Å². The van der Waals surface area contributed by atoms with Crippen LogP contribution in [0.15, 0.2) is 24.3 Å². The van der Waals surface area contributed by atoms with Gasteiger partial charge >= 0.3 is 0 Å². The molecule has 0 bridgehead atoms. The first-order valence-electron chi connectivity index (χ1n) is 8.49. The Bertz CT molecular complexity index is 486. The van der Waals surface area contributed by atoms with Crippen molar-refractivity contribution in [1.29, 1.82) is 0 Å². The first-order valence-corrected chi connectivity index (χ1v) is 8.49. The third-order valence-corrected chi connectivity index (χ3v) is 3.86. The average molecular weight is 320 g/mol. The third kappa shape index (κ3) is 7.79. The summed E-state index contributed by atoms with van der Waals surface area (Å²) in [6.45, 7) is 4.90. The maximum atomic E-state index is 12.0. The van der Waals surface area contributed by atoms with Crippen molar-refractivity contribution in [3.05, 3.63) is 29.8 Å². The molecule has 0 aliphatic heterocycles. The normalized spacial score (nSPS) is 11.9. The molecule has 0 radical (unpaired) electrons. The molecular weight excluding hydrogens is 292 g/mol. The van der Waals surface area contributed by atoms with Gasteiger partial charge in [-0.2, -0.15) is 0 Å². The lowest BCUT2D eigenvalue weighted by Gasteiger charge is -2.16. The van der Waals surface area contributed by atoms with Crippen LogP contribution in [-0.4, -0.2) is 24.5 Å². The van der Waals surface area contributed by atoms with E-state index in [2.05, 4.69) is 19.2 Å². The Morgan fingerprint density at radius 2 is 1.83 bits per heavy atom. The van der Waals surface area contributed by atoms with Crippen molar-refractivity contribution in [3.8, 4) is 0 Å². The molecule has 0 aliphatic carbocycles. The van der Waals surface area contributed by atoms with E-state index in [1.165, 1.54) is 5.56 Å². The SMILES string of the molecule is CCCCCC[NH2+][C@@H](CC(=O)Nc1ccc(CC)cc1)C(=O)[O-]. The topological polar surface area (TPSA) is 85.8 Å². The van der Waals surface area contributed by atoms with Crippen LogP contribution in [0.5, 0.6) is 0 Å². The van der Waals surface area contributed by atoms with Crippen LogP contribution < -0.4 is 15.7 Å². The maximum Gasteiger partial charge on any atom is 0.230 e. The number of anilines is 1. The summed E-state index contributed by atoms with van der Waals surface area (Å²) in [5, 5.41) is 15.6. The second-order valence-corrected chi connectivity index (χ2v) is 5.81. The Balaban J connectivity index is 2.42. The maximum absolute atomic E-state index is 12.0. The molecule has 0 heterocycles. The van der Waals surface area contributed by atoms with Crippen molar-refractivity contribution in [2.24, 2.45) is 0 Å². The largest absolute Gasteiger partial charge is 0.544 e. The minimum absolute atomic E-state index is 0.0777. The number of aliphatic carboxylic acids is 1. The van der Waals surface area contributed by atoms with Gasteiger partial charge in [-0.3, -0.25) is 4.79 Å². The van der Waals surface area contributed by atoms with Gasteiger partial charge in [0, 0.05) is 5.69 Å². The van der Waals surface area contributed by atoms with Crippen LogP contribution >= 0.6 is 0 Å². The molecule has 0 aromatic heterocycles. The molecule has 0 unspecified atom stereocenters. The Kier molecular flexibility index (Phi) is 8.98. The number of quaternary nitrogens is 1. The zero-order chi connectivity index (χ0) is 17.1. The van der Waals surface area contributed by atoms with E-state index < -0.39 is 12.0 Å². The number of nitrogens with two attached hydrogens (primary N) is 1. The smallest absolute Gasteiger partial charge is 0.230 e. The van der Waals surface area contributed by atoms with Gasteiger partial charge in [0.15, 0.2) is 0 Å². The molecule has 1 amide bonds. The number of hydrogen-bond acceptors (Lipinski definition) is 3. The van der Waals surface area contributed by atoms with Crippen LogP contribution in [0.3, 0.4) is 0 Å². The molecule has 128 valence electrons. The van der Waals surface area contributed by atoms with Crippen molar-refractivity contribution >= 4 is 17.6 Å². The van der Waals surface area contributed by atoms with Crippen LogP contribution in [0.25, 0.3) is 0 Å². The average Bonchev–Trinajstić information content (AvgIpc) is 2.54. The standard InChI is InChI=1S/C18H28N2O3/c1-3-5-6-7-12-19-16(18(22)23)13-17(21)20-15-10-8-14(4-2)9-11-15/h8-11,16,19H,3-7,12-13H2,1-2H3,(H,20,21)(H,22,23)/t16-/m0/s1. The molecule has 5 nitrogen and oxygen atoms in total. The number of carbonyl (C=O) groups excluding carboxylic acids is 2. The predicted molar refractivity (Wildman–Crippen MR) is 88.8 cm³/mol. The number of amides is 1. The lowest BCUT2D eigenvalue weighted by molar-refractivity contribution is -0.682. The van der Waals surface area contributed by atoms with E-state index in [-0.39, 0.29) is 12.3 Å². The number of carboxylic acids is 1. The van der Waals surface area contributed by atoms with E-state index in [0.717, 1.165) is 32.1 Å². The highest BCUT2D eigenvalue weighted by atomic mass is 16.4. The lowest BCUT2D eigenvalue weighted by atomic mass is 10.1. The molecule has 1 aromatic rings. The minimum Gasteiger partial charge on any atom is -0.544 e. The van der Waals surface area contributed by atoms with Crippen LogP contribution in [-0.2, 0) is 16.0 Å². The van der Waals surface area contributed by atoms with Crippen LogP contribution in [0, 0.1) is 0 Å². The molecule has 0 spiro atoms. The minimum atomic E-state index is -1.18. The number of hydrogen-bond donors (Lipinski definition) is 2. The molecule has 1 aromatic carbocycles. The van der Waals surface area contributed by atoms with Gasteiger partial charge in [-0.1, -0.05) is 38.8 Å². The summed E-state index contributed by atoms with van der Waals surface area (Å²) in [7, 11) is 0. The molecule has 0 aliphatic rings. The first-order chi connectivity index (χ1) is 11.1. The predicted octanol–water partition coefficient (Wildman–Crippen LogP) is 0.840. The molecule has 3 N–H and O–H groups in total. The number of carboxylic acid groups (broad SMARTS) is 1. The molecule has 1 rings (SSSR count). The van der Waals surface area contributed by atoms with E-state index in [1.807, 2.05) is 24.3 Å². The second-order valence-electron chi connectivity index (χ2n) is 5.81. The first kappa shape index (κ1) is 19.2. The Labute approximate surface area is 138 Å². The summed E-state index contributed by atoms with van der Waals surface area (Å²) < 4.78 is 0. The molecule has 0 saturated heterocycles. The Morgan fingerprint density at radius 3 is 2.39 bits per heavy atom. The number of nitrogens with one attached hydrogen (secondary N) is 1. The van der Waals surface area contributed by atoms with Crippen molar-refractivity contribution in [1.82, 2.24) is 0 Å². The van der Waals surface area contributed by atoms with Gasteiger partial charge in [0.05, 0.1) is 18.9 Å². The third-order valence-electron chi connectivity index (χ3n) is 3.86. The lowest BCUT2D eigenvalue weighted by Crippen LogP contribution is -2.93. The molecular formula is C18H28N2O3. The van der Waals surface area contributed by atoms with Gasteiger partial charge in [0.25, 0.3) is 0 Å². The molecule has 5 heteroatoms. The van der Waals surface area contributed by atoms with E-state index in [9.17, 15) is 14.7 Å². The summed E-state index contributed by atoms with van der Waals surface area (Å²) in [5.74, 6) is -1.48. The summed E-state index contributed by atoms with van der Waals surface area (Å²) in [5.41, 5.74) is 1.88. The van der Waals surface area contributed by atoms with Crippen LogP contribution in [0.4, 0.5) is 5.69 Å². The summed E-state index contributed by atoms with van der Waals surface area (Å²) in [6, 6.07) is 6.74. The Morgan fingerprint density at radius 1 is 1.13 bits per heavy atom. The second kappa shape index (κ2) is 10.8. The van der Waals surface area contributed by atoms with Gasteiger partial charge in [-0.15, -0.1) is 0 Å². The summed E-state index contributed by atoms with van der Waals surface area (Å²) >= 11 is 0. The fourth-order valence-electron chi connectivity index (χ4n) is 2.39. The zero-order valence-corrected chi connectivity index (χ0v) is 14.1. The number of aryl methyl sites for hydroxylation is 1. The summed E-state index contributed by atoms with van der Waals surface area (Å²) in [4.78, 5) is 23.2. The number of benzene rings is 1. The molecule has 1 atom stereocenters. The quantitative estimate of drug-likeness (QED) is 0.592. The monoisotopic (exact) mass is 320 g/mol. The van der Waals surface area contributed by atoms with Crippen molar-refractivity contribution in [2.75, 3.05) is 11.9 Å². The number of rotatable bonds is 11. The van der Waals surface area contributed by atoms with Gasteiger partial charge in [0.1, 0.15) is 6.04 Å². The van der Waals surface area contributed by atoms with Crippen LogP contribution in [0.2, 0.25) is 0 Å². The van der Waals surface area contributed by atoms with Gasteiger partial charge in [0.2, 0.25) is 5.91 Å². The van der Waals surface area contributed by atoms with E-state index in [4.69, 9.17) is 0 Å². The van der Waals surface area contributed by atoms with Crippen molar-refractivity contribution < 1.29 is 20.0 Å². The highest BCUT2D eigenvalue weighted by molar-refractivity contribution is 5.93. The fourth-order valence-corrected chi connectivity index (χ4v) is 2.39. The highest BCUT2D eigenvalue weighted by Gasteiger charge is 2.18. The number of unbranched alkanes of at least 4 members (excludes halogenated alkanes) is 3. The molecule has 0 fully saturated rings. The van der Waals surface area contributed by atoms with Crippen LogP contribution in [0.1, 0.15) is 51.5 Å². The van der Waals surface area contributed by atoms with E-state index in [1.54, 1.807) is 5.32 Å². The van der Waals surface area contributed by atoms with Gasteiger partial charge in [-0.25, -0.2) is 0 Å². The van der Waals surface area contributed by atoms with Gasteiger partial charge < -0.3 is 20.5 Å². The highest BCUT2D eigenvalue weighted by Crippen LogP contribution is 2.10. The zero-order valence-electron chi connectivity index (χ0n) is 14.1. The van der Waals surface area contributed by atoms with E-state index >= 15 is 0 Å². The number of carbonyl (C=O) groups is 2. The van der Waals surface area contributed by atoms with Crippen molar-refractivity contribution in [2.45, 2.75) is 58.4 Å². The molecule has 0 saturated carbocycles. The fraction of sp³-hybridized carbons (Fsp3) is 0.556. The molecule has 23 heavy (non-hydrogen) atoms. The Hall–Kier alpha value is -1.88. The van der Waals surface area contributed by atoms with E-state index in [0.29, 0.717) is 12.2 Å². The van der Waals surface area contributed by atoms with Crippen molar-refractivity contribution in [3.63, 3.8) is 0 Å². The summed E-state index contributed by atoms with van der Waals surface area (Å²) in [6.07, 6.45) is 5.20.